The molecule has 2 saturated carbocycles. The standard InChI is InChI=1S/C36H45N5O10S/c1-3-21-16-20(2)6-4-5-7-22-18-36(22,34(44)40-52(47,48)24-8-9-24)39-31(42)27-17-23(19-41(27)33(43)29(21)38-35(45)46)51-32-26-10-11-28-30(50-15-14-49-28)25(26)12-13-37-32/h5,7,10-13,20-24,27,29,38H,3-4,6,8-9,14-19H2,1-2H3,(H,39,42)(H,40,44)(H,45,46)/b7-5-/t20-,21+,22?,23+,27-,29-,36?/m0/s1. The molecule has 0 bridgehead atoms. The third-order valence-electron chi connectivity index (χ3n) is 10.9. The number of allylic oxidation sites excluding steroid dienone is 1. The number of rotatable bonds is 7. The van der Waals surface area contributed by atoms with Crippen LogP contribution in [0.4, 0.5) is 4.79 Å². The van der Waals surface area contributed by atoms with Gasteiger partial charge in [0.15, 0.2) is 11.5 Å². The summed E-state index contributed by atoms with van der Waals surface area (Å²) in [4.78, 5) is 60.4. The van der Waals surface area contributed by atoms with Crippen molar-refractivity contribution >= 4 is 44.6 Å². The predicted molar refractivity (Wildman–Crippen MR) is 187 cm³/mol. The van der Waals surface area contributed by atoms with Gasteiger partial charge < -0.3 is 34.9 Å². The molecule has 280 valence electrons. The number of sulfonamides is 1. The number of ether oxygens (including phenoxy) is 3. The molecule has 4 heterocycles. The second-order valence-corrected chi connectivity index (χ2v) is 16.6. The maximum Gasteiger partial charge on any atom is 0.405 e. The zero-order valence-electron chi connectivity index (χ0n) is 29.2. The van der Waals surface area contributed by atoms with E-state index in [0.29, 0.717) is 62.2 Å². The highest BCUT2D eigenvalue weighted by Gasteiger charge is 2.62. The zero-order chi connectivity index (χ0) is 36.8. The van der Waals surface area contributed by atoms with Gasteiger partial charge in [0, 0.05) is 29.3 Å². The lowest BCUT2D eigenvalue weighted by atomic mass is 9.85. The third kappa shape index (κ3) is 7.08. The Balaban J connectivity index is 1.22. The summed E-state index contributed by atoms with van der Waals surface area (Å²) in [5, 5.41) is 15.9. The second kappa shape index (κ2) is 14.1. The summed E-state index contributed by atoms with van der Waals surface area (Å²) in [6, 6.07) is 3.05. The number of hydrogen-bond donors (Lipinski definition) is 4. The van der Waals surface area contributed by atoms with Crippen molar-refractivity contribution in [3.05, 3.63) is 36.5 Å². The van der Waals surface area contributed by atoms with Gasteiger partial charge in [0.25, 0.3) is 5.91 Å². The Morgan fingerprint density at radius 3 is 2.65 bits per heavy atom. The number of pyridine rings is 1. The fourth-order valence-electron chi connectivity index (χ4n) is 7.84. The third-order valence-corrected chi connectivity index (χ3v) is 12.8. The van der Waals surface area contributed by atoms with Crippen molar-refractivity contribution in [1.82, 2.24) is 25.2 Å². The number of carbonyl (C=O) groups is 4. The lowest BCUT2D eigenvalue weighted by molar-refractivity contribution is -0.142. The number of benzene rings is 1. The summed E-state index contributed by atoms with van der Waals surface area (Å²) in [6.07, 6.45) is 6.85. The summed E-state index contributed by atoms with van der Waals surface area (Å²) in [7, 11) is -3.91. The Morgan fingerprint density at radius 2 is 1.90 bits per heavy atom. The maximum atomic E-state index is 14.5. The number of nitrogens with one attached hydrogen (secondary N) is 3. The molecule has 1 aromatic heterocycles. The monoisotopic (exact) mass is 739 g/mol. The molecule has 2 aliphatic carbocycles. The predicted octanol–water partition coefficient (Wildman–Crippen LogP) is 2.88. The van der Waals surface area contributed by atoms with Crippen molar-refractivity contribution in [3.63, 3.8) is 0 Å². The van der Waals surface area contributed by atoms with Crippen LogP contribution in [0, 0.1) is 17.8 Å². The van der Waals surface area contributed by atoms with Crippen molar-refractivity contribution in [3.8, 4) is 17.4 Å². The highest BCUT2D eigenvalue weighted by Crippen LogP contribution is 2.46. The molecule has 1 saturated heterocycles. The van der Waals surface area contributed by atoms with Gasteiger partial charge in [0.2, 0.25) is 27.7 Å². The summed E-state index contributed by atoms with van der Waals surface area (Å²) in [6.45, 7) is 4.69. The Kier molecular flexibility index (Phi) is 9.69. The van der Waals surface area contributed by atoms with Gasteiger partial charge in [0.1, 0.15) is 36.9 Å². The van der Waals surface area contributed by atoms with E-state index in [2.05, 4.69) is 20.3 Å². The number of nitrogens with zero attached hydrogens (tertiary/aromatic N) is 2. The molecule has 2 aromatic rings. The van der Waals surface area contributed by atoms with Gasteiger partial charge in [-0.1, -0.05) is 32.4 Å². The Hall–Kier alpha value is -4.60. The van der Waals surface area contributed by atoms with Crippen molar-refractivity contribution in [2.45, 2.75) is 94.2 Å². The van der Waals surface area contributed by atoms with E-state index in [1.165, 1.54) is 4.90 Å². The van der Waals surface area contributed by atoms with Crippen LogP contribution in [0.25, 0.3) is 10.8 Å². The number of aromatic nitrogens is 1. The molecule has 1 aromatic carbocycles. The molecule has 0 radical (unpaired) electrons. The first-order chi connectivity index (χ1) is 24.9. The summed E-state index contributed by atoms with van der Waals surface area (Å²) in [5.41, 5.74) is -1.53. The maximum absolute atomic E-state index is 14.5. The van der Waals surface area contributed by atoms with Gasteiger partial charge in [-0.05, 0) is 68.6 Å². The highest BCUT2D eigenvalue weighted by molar-refractivity contribution is 7.91. The summed E-state index contributed by atoms with van der Waals surface area (Å²) < 4.78 is 45.9. The van der Waals surface area contributed by atoms with Crippen LogP contribution in [0.1, 0.15) is 65.2 Å². The largest absolute Gasteiger partial charge is 0.486 e. The Bertz CT molecular complexity index is 1900. The minimum Gasteiger partial charge on any atom is -0.486 e. The zero-order valence-corrected chi connectivity index (χ0v) is 30.0. The fourth-order valence-corrected chi connectivity index (χ4v) is 9.20. The quantitative estimate of drug-likeness (QED) is 0.304. The smallest absolute Gasteiger partial charge is 0.405 e. The fraction of sp³-hybridized carbons (Fsp3) is 0.583. The molecule has 4 N–H and O–H groups in total. The first-order valence-electron chi connectivity index (χ1n) is 18.1. The van der Waals surface area contributed by atoms with Crippen LogP contribution in [-0.4, -0.2) is 96.0 Å². The van der Waals surface area contributed by atoms with E-state index in [4.69, 9.17) is 14.2 Å². The lowest BCUT2D eigenvalue weighted by Gasteiger charge is -2.33. The molecule has 3 fully saturated rings. The van der Waals surface area contributed by atoms with E-state index in [1.54, 1.807) is 24.4 Å². The van der Waals surface area contributed by atoms with Crippen molar-refractivity contribution in [2.75, 3.05) is 19.8 Å². The highest BCUT2D eigenvalue weighted by atomic mass is 32.2. The Morgan fingerprint density at radius 1 is 1.12 bits per heavy atom. The average molecular weight is 740 g/mol. The van der Waals surface area contributed by atoms with Gasteiger partial charge in [-0.15, -0.1) is 0 Å². The van der Waals surface area contributed by atoms with E-state index in [9.17, 15) is 32.7 Å². The number of amides is 4. The average Bonchev–Trinajstić information content (AvgIpc) is 4.04. The molecule has 0 spiro atoms. The van der Waals surface area contributed by atoms with Crippen LogP contribution < -0.4 is 29.6 Å². The van der Waals surface area contributed by atoms with Gasteiger partial charge in [0.05, 0.1) is 11.8 Å². The van der Waals surface area contributed by atoms with Gasteiger partial charge in [-0.25, -0.2) is 18.2 Å². The van der Waals surface area contributed by atoms with Crippen LogP contribution in [0.15, 0.2) is 36.5 Å². The Labute approximate surface area is 301 Å². The first kappa shape index (κ1) is 35.8. The first-order valence-corrected chi connectivity index (χ1v) is 19.6. The molecule has 4 amide bonds. The van der Waals surface area contributed by atoms with Crippen LogP contribution in [0.5, 0.6) is 17.4 Å². The van der Waals surface area contributed by atoms with Crippen molar-refractivity contribution < 1.29 is 46.9 Å². The summed E-state index contributed by atoms with van der Waals surface area (Å²) in [5.74, 6) is -1.32. The van der Waals surface area contributed by atoms with Crippen LogP contribution in [-0.2, 0) is 24.4 Å². The van der Waals surface area contributed by atoms with Crippen LogP contribution in [0.3, 0.4) is 0 Å². The number of carboxylic acid groups (broad SMARTS) is 1. The van der Waals surface area contributed by atoms with Crippen LogP contribution >= 0.6 is 0 Å². The van der Waals surface area contributed by atoms with Crippen molar-refractivity contribution in [2.24, 2.45) is 17.8 Å². The number of hydrogen-bond acceptors (Lipinski definition) is 10. The molecule has 52 heavy (non-hydrogen) atoms. The van der Waals surface area contributed by atoms with E-state index in [-0.39, 0.29) is 37.1 Å². The molecule has 7 rings (SSSR count). The van der Waals surface area contributed by atoms with Gasteiger partial charge in [-0.2, -0.15) is 0 Å². The molecular formula is C36H45N5O10S. The second-order valence-electron chi connectivity index (χ2n) is 14.7. The molecule has 15 nitrogen and oxygen atoms in total. The SMILES string of the molecule is CC[C@@H]1C[C@@H](C)CC/C=C\C2CC2(C(=O)NS(=O)(=O)C2CC2)NC(=O)[C@@H]2C[C@@H](Oc3nccc4c5c(ccc34)OCCO5)CN2C(=O)[C@H]1NC(=O)O. The molecular weight excluding hydrogens is 694 g/mol. The number of carbonyl (C=O) groups excluding carboxylic acids is 3. The minimum absolute atomic E-state index is 0.00571. The van der Waals surface area contributed by atoms with Gasteiger partial charge in [-0.3, -0.25) is 19.1 Å². The summed E-state index contributed by atoms with van der Waals surface area (Å²) >= 11 is 0. The van der Waals surface area contributed by atoms with E-state index < -0.39 is 68.7 Å². The lowest BCUT2D eigenvalue weighted by Crippen LogP contribution is -2.59. The molecule has 16 heteroatoms. The van der Waals surface area contributed by atoms with E-state index >= 15 is 0 Å². The molecule has 5 aliphatic rings. The van der Waals surface area contributed by atoms with E-state index in [1.807, 2.05) is 26.0 Å². The topological polar surface area (TPSA) is 203 Å². The van der Waals surface area contributed by atoms with Gasteiger partial charge >= 0.3 is 6.09 Å². The minimum atomic E-state index is -3.91. The molecule has 2 unspecified atom stereocenters. The van der Waals surface area contributed by atoms with E-state index in [0.717, 1.165) is 11.8 Å². The molecule has 3 aliphatic heterocycles. The number of fused-ring (bicyclic) bond motifs is 5. The van der Waals surface area contributed by atoms with Crippen molar-refractivity contribution in [1.29, 1.82) is 0 Å². The normalized spacial score (nSPS) is 31.2. The van der Waals surface area contributed by atoms with Crippen LogP contribution in [0.2, 0.25) is 0 Å². The molecule has 7 atom stereocenters.